The summed E-state index contributed by atoms with van der Waals surface area (Å²) in [6.45, 7) is 5.94. The summed E-state index contributed by atoms with van der Waals surface area (Å²) in [6, 6.07) is 15.4. The van der Waals surface area contributed by atoms with E-state index in [1.54, 1.807) is 17.5 Å². The van der Waals surface area contributed by atoms with Gasteiger partial charge in [0.25, 0.3) is 0 Å². The van der Waals surface area contributed by atoms with Gasteiger partial charge in [-0.2, -0.15) is 0 Å². The van der Waals surface area contributed by atoms with Gasteiger partial charge in [-0.3, -0.25) is 4.79 Å². The van der Waals surface area contributed by atoms with E-state index in [0.717, 1.165) is 29.2 Å². The lowest BCUT2D eigenvalue weighted by Gasteiger charge is -2.11. The van der Waals surface area contributed by atoms with E-state index in [-0.39, 0.29) is 5.91 Å². The lowest BCUT2D eigenvalue weighted by Crippen LogP contribution is -2.12. The highest BCUT2D eigenvalue weighted by Crippen LogP contribution is 2.22. The Bertz CT molecular complexity index is 1250. The van der Waals surface area contributed by atoms with Gasteiger partial charge in [0.1, 0.15) is 23.3 Å². The van der Waals surface area contributed by atoms with Gasteiger partial charge in [0.2, 0.25) is 5.91 Å². The molecule has 0 saturated carbocycles. The molecule has 0 bridgehead atoms. The lowest BCUT2D eigenvalue weighted by molar-refractivity contribution is -0.116. The van der Waals surface area contributed by atoms with Crippen molar-refractivity contribution < 1.29 is 4.79 Å². The molecule has 33 heavy (non-hydrogen) atoms. The van der Waals surface area contributed by atoms with Crippen LogP contribution >= 0.6 is 11.3 Å². The second-order valence-electron chi connectivity index (χ2n) is 7.81. The molecule has 4 aromatic rings. The number of thiophene rings is 1. The molecule has 0 unspecified atom stereocenters. The lowest BCUT2D eigenvalue weighted by atomic mass is 10.2. The first-order valence-electron chi connectivity index (χ1n) is 10.7. The summed E-state index contributed by atoms with van der Waals surface area (Å²) in [6.07, 6.45) is 2.98. The van der Waals surface area contributed by atoms with Crippen LogP contribution in [0.15, 0.2) is 60.1 Å². The molecule has 1 aromatic carbocycles. The monoisotopic (exact) mass is 458 g/mol. The third-order valence-electron chi connectivity index (χ3n) is 5.00. The molecule has 0 aliphatic rings. The number of amides is 1. The standard InChI is InChI=1S/C25H26N6OS/c1-16-10-12-26-22(14-16)31-24-15-23(27-18(3)28-24)29-19-4-6-20(7-5-19)30-25(32)9-8-21-17(2)11-13-33-21/h4-7,10-15H,8-9H2,1-3H3,(H,30,32)(H2,26,27,28,29,31). The highest BCUT2D eigenvalue weighted by Gasteiger charge is 2.07. The number of pyridine rings is 1. The van der Waals surface area contributed by atoms with Crippen molar-refractivity contribution in [2.45, 2.75) is 33.6 Å². The van der Waals surface area contributed by atoms with Crippen molar-refractivity contribution in [2.75, 3.05) is 16.0 Å². The maximum atomic E-state index is 12.3. The molecular weight excluding hydrogens is 432 g/mol. The van der Waals surface area contributed by atoms with Crippen LogP contribution in [0.2, 0.25) is 0 Å². The minimum atomic E-state index is 0.00964. The van der Waals surface area contributed by atoms with Crippen LogP contribution in [0.25, 0.3) is 0 Å². The first-order valence-corrected chi connectivity index (χ1v) is 11.6. The maximum absolute atomic E-state index is 12.3. The second-order valence-corrected chi connectivity index (χ2v) is 8.81. The third kappa shape index (κ3) is 6.36. The van der Waals surface area contributed by atoms with Crippen molar-refractivity contribution in [1.82, 2.24) is 15.0 Å². The predicted octanol–water partition coefficient (Wildman–Crippen LogP) is 5.92. The Morgan fingerprint density at radius 3 is 2.30 bits per heavy atom. The molecule has 0 saturated heterocycles. The fourth-order valence-electron chi connectivity index (χ4n) is 3.33. The zero-order valence-corrected chi connectivity index (χ0v) is 19.7. The molecule has 8 heteroatoms. The summed E-state index contributed by atoms with van der Waals surface area (Å²) >= 11 is 1.70. The van der Waals surface area contributed by atoms with Crippen LogP contribution in [0.4, 0.5) is 28.8 Å². The van der Waals surface area contributed by atoms with E-state index in [1.807, 2.05) is 56.3 Å². The molecule has 0 fully saturated rings. The van der Waals surface area contributed by atoms with E-state index in [2.05, 4.69) is 49.3 Å². The average molecular weight is 459 g/mol. The fraction of sp³-hybridized carbons (Fsp3) is 0.200. The number of rotatable bonds is 8. The Kier molecular flexibility index (Phi) is 6.95. The van der Waals surface area contributed by atoms with Crippen molar-refractivity contribution in [3.8, 4) is 0 Å². The van der Waals surface area contributed by atoms with Gasteiger partial charge in [0, 0.05) is 34.9 Å². The van der Waals surface area contributed by atoms with Gasteiger partial charge in [-0.15, -0.1) is 11.3 Å². The number of nitrogens with one attached hydrogen (secondary N) is 3. The number of carbonyl (C=O) groups is 1. The second kappa shape index (κ2) is 10.2. The quantitative estimate of drug-likeness (QED) is 0.304. The summed E-state index contributed by atoms with van der Waals surface area (Å²) in [4.78, 5) is 26.8. The molecule has 0 radical (unpaired) electrons. The van der Waals surface area contributed by atoms with Crippen molar-refractivity contribution in [3.05, 3.63) is 81.9 Å². The zero-order valence-electron chi connectivity index (χ0n) is 18.8. The van der Waals surface area contributed by atoms with Crippen LogP contribution in [-0.2, 0) is 11.2 Å². The van der Waals surface area contributed by atoms with Gasteiger partial charge in [0.15, 0.2) is 0 Å². The van der Waals surface area contributed by atoms with Crippen LogP contribution in [0.1, 0.15) is 28.2 Å². The number of anilines is 5. The first-order chi connectivity index (χ1) is 15.9. The van der Waals surface area contributed by atoms with E-state index < -0.39 is 0 Å². The van der Waals surface area contributed by atoms with Crippen LogP contribution in [-0.4, -0.2) is 20.9 Å². The molecular formula is C25H26N6OS. The van der Waals surface area contributed by atoms with Crippen LogP contribution in [0, 0.1) is 20.8 Å². The smallest absolute Gasteiger partial charge is 0.224 e. The molecule has 7 nitrogen and oxygen atoms in total. The molecule has 3 heterocycles. The SMILES string of the molecule is Cc1ccnc(Nc2cc(Nc3ccc(NC(=O)CCc4sccc4C)cc3)nc(C)n2)c1. The molecule has 4 rings (SSSR count). The molecule has 0 atom stereocenters. The van der Waals surface area contributed by atoms with Crippen molar-refractivity contribution in [3.63, 3.8) is 0 Å². The Balaban J connectivity index is 1.36. The molecule has 3 aromatic heterocycles. The Morgan fingerprint density at radius 2 is 1.61 bits per heavy atom. The summed E-state index contributed by atoms with van der Waals surface area (Å²) in [5.41, 5.74) is 3.99. The highest BCUT2D eigenvalue weighted by molar-refractivity contribution is 7.10. The summed E-state index contributed by atoms with van der Waals surface area (Å²) in [5.74, 6) is 2.71. The number of benzene rings is 1. The molecule has 0 spiro atoms. The largest absolute Gasteiger partial charge is 0.340 e. The highest BCUT2D eigenvalue weighted by atomic mass is 32.1. The Morgan fingerprint density at radius 1 is 0.879 bits per heavy atom. The molecule has 168 valence electrons. The number of aromatic nitrogens is 3. The maximum Gasteiger partial charge on any atom is 0.224 e. The number of aryl methyl sites for hydroxylation is 4. The van der Waals surface area contributed by atoms with Crippen molar-refractivity contribution in [2.24, 2.45) is 0 Å². The predicted molar refractivity (Wildman–Crippen MR) is 135 cm³/mol. The van der Waals surface area contributed by atoms with E-state index in [9.17, 15) is 4.79 Å². The van der Waals surface area contributed by atoms with Gasteiger partial charge < -0.3 is 16.0 Å². The van der Waals surface area contributed by atoms with Gasteiger partial charge >= 0.3 is 0 Å². The summed E-state index contributed by atoms with van der Waals surface area (Å²) < 4.78 is 0. The summed E-state index contributed by atoms with van der Waals surface area (Å²) in [7, 11) is 0. The van der Waals surface area contributed by atoms with E-state index >= 15 is 0 Å². The van der Waals surface area contributed by atoms with Crippen molar-refractivity contribution >= 4 is 46.1 Å². The number of nitrogens with zero attached hydrogens (tertiary/aromatic N) is 3. The molecule has 3 N–H and O–H groups in total. The number of hydrogen-bond acceptors (Lipinski definition) is 7. The van der Waals surface area contributed by atoms with E-state index in [0.29, 0.717) is 23.9 Å². The number of hydrogen-bond donors (Lipinski definition) is 3. The molecule has 1 amide bonds. The first kappa shape index (κ1) is 22.4. The van der Waals surface area contributed by atoms with Gasteiger partial charge in [0.05, 0.1) is 0 Å². The van der Waals surface area contributed by atoms with Crippen LogP contribution < -0.4 is 16.0 Å². The fourth-order valence-corrected chi connectivity index (χ4v) is 4.24. The summed E-state index contributed by atoms with van der Waals surface area (Å²) in [5, 5.41) is 11.5. The van der Waals surface area contributed by atoms with Gasteiger partial charge in [-0.25, -0.2) is 15.0 Å². The van der Waals surface area contributed by atoms with Crippen LogP contribution in [0.5, 0.6) is 0 Å². The average Bonchev–Trinajstić information content (AvgIpc) is 3.18. The number of carbonyl (C=O) groups excluding carboxylic acids is 1. The Labute approximate surface area is 197 Å². The topological polar surface area (TPSA) is 91.8 Å². The van der Waals surface area contributed by atoms with E-state index in [4.69, 9.17) is 0 Å². The minimum Gasteiger partial charge on any atom is -0.340 e. The molecule has 0 aliphatic carbocycles. The minimum absolute atomic E-state index is 0.00964. The Hall–Kier alpha value is -3.78. The van der Waals surface area contributed by atoms with Crippen molar-refractivity contribution in [1.29, 1.82) is 0 Å². The normalized spacial score (nSPS) is 10.6. The van der Waals surface area contributed by atoms with E-state index in [1.165, 1.54) is 10.4 Å². The van der Waals surface area contributed by atoms with Gasteiger partial charge in [-0.05, 0) is 86.2 Å². The van der Waals surface area contributed by atoms with Crippen LogP contribution in [0.3, 0.4) is 0 Å². The molecule has 0 aliphatic heterocycles. The third-order valence-corrected chi connectivity index (χ3v) is 6.08. The zero-order chi connectivity index (χ0) is 23.2. The van der Waals surface area contributed by atoms with Gasteiger partial charge in [-0.1, -0.05) is 0 Å².